The summed E-state index contributed by atoms with van der Waals surface area (Å²) in [5.74, 6) is -0.694. The molecule has 7 nitrogen and oxygen atoms in total. The zero-order valence-electron chi connectivity index (χ0n) is 24.1. The van der Waals surface area contributed by atoms with Crippen LogP contribution in [0.3, 0.4) is 0 Å². The molecule has 1 saturated carbocycles. The number of para-hydroxylation sites is 1. The quantitative estimate of drug-likeness (QED) is 0.410. The number of hydrogen-bond donors (Lipinski definition) is 2. The number of rotatable bonds is 9. The van der Waals surface area contributed by atoms with E-state index in [2.05, 4.69) is 10.6 Å². The van der Waals surface area contributed by atoms with Crippen molar-refractivity contribution in [2.24, 2.45) is 5.92 Å². The molecule has 1 aliphatic carbocycles. The lowest BCUT2D eigenvalue weighted by Crippen LogP contribution is -2.55. The zero-order chi connectivity index (χ0) is 28.2. The van der Waals surface area contributed by atoms with Crippen molar-refractivity contribution < 1.29 is 19.1 Å². The van der Waals surface area contributed by atoms with E-state index in [1.807, 2.05) is 77.1 Å². The van der Waals surface area contributed by atoms with Gasteiger partial charge in [0.15, 0.2) is 0 Å². The highest BCUT2D eigenvalue weighted by atomic mass is 16.6. The Labute approximate surface area is 227 Å². The Kier molecular flexibility index (Phi) is 9.23. The summed E-state index contributed by atoms with van der Waals surface area (Å²) in [5, 5.41) is 5.95. The molecule has 0 radical (unpaired) electrons. The normalized spacial score (nSPS) is 15.7. The van der Waals surface area contributed by atoms with E-state index >= 15 is 0 Å². The first-order chi connectivity index (χ1) is 17.8. The summed E-state index contributed by atoms with van der Waals surface area (Å²) in [5.41, 5.74) is 3.71. The van der Waals surface area contributed by atoms with Gasteiger partial charge in [-0.1, -0.05) is 68.3 Å². The Hall–Kier alpha value is -3.35. The van der Waals surface area contributed by atoms with Crippen LogP contribution < -0.4 is 10.6 Å². The lowest BCUT2D eigenvalue weighted by atomic mass is 9.95. The van der Waals surface area contributed by atoms with E-state index in [1.165, 1.54) is 0 Å². The highest BCUT2D eigenvalue weighted by molar-refractivity contribution is 6.00. The number of nitrogens with one attached hydrogen (secondary N) is 2. The molecule has 0 aromatic heterocycles. The molecule has 2 aromatic carbocycles. The number of ether oxygens (including phenoxy) is 1. The molecule has 0 heterocycles. The maximum atomic E-state index is 14.3. The van der Waals surface area contributed by atoms with Crippen molar-refractivity contribution in [1.29, 1.82) is 0 Å². The maximum absolute atomic E-state index is 14.3. The van der Waals surface area contributed by atoms with E-state index in [1.54, 1.807) is 25.7 Å². The average Bonchev–Trinajstić information content (AvgIpc) is 3.66. The largest absolute Gasteiger partial charge is 0.444 e. The van der Waals surface area contributed by atoms with Crippen LogP contribution in [0.4, 0.5) is 10.5 Å². The number of carbonyl (C=O) groups is 3. The van der Waals surface area contributed by atoms with Crippen LogP contribution in [-0.4, -0.2) is 40.5 Å². The highest BCUT2D eigenvalue weighted by Crippen LogP contribution is 2.37. The topological polar surface area (TPSA) is 87.7 Å². The first-order valence-corrected chi connectivity index (χ1v) is 13.6. The van der Waals surface area contributed by atoms with Gasteiger partial charge < -0.3 is 20.3 Å². The average molecular weight is 522 g/mol. The first-order valence-electron chi connectivity index (χ1n) is 13.6. The molecule has 0 aliphatic heterocycles. The molecule has 1 fully saturated rings. The van der Waals surface area contributed by atoms with Crippen molar-refractivity contribution in [3.05, 3.63) is 64.7 Å². The van der Waals surface area contributed by atoms with Gasteiger partial charge in [0.1, 0.15) is 17.7 Å². The lowest BCUT2D eigenvalue weighted by molar-refractivity contribution is -0.142. The van der Waals surface area contributed by atoms with Gasteiger partial charge in [0, 0.05) is 11.7 Å². The van der Waals surface area contributed by atoms with Gasteiger partial charge in [-0.3, -0.25) is 9.59 Å². The van der Waals surface area contributed by atoms with Crippen molar-refractivity contribution in [3.63, 3.8) is 0 Å². The predicted octanol–water partition coefficient (Wildman–Crippen LogP) is 6.22. The van der Waals surface area contributed by atoms with Gasteiger partial charge in [-0.25, -0.2) is 4.79 Å². The van der Waals surface area contributed by atoms with Gasteiger partial charge in [-0.05, 0) is 77.0 Å². The van der Waals surface area contributed by atoms with E-state index in [4.69, 9.17) is 4.74 Å². The maximum Gasteiger partial charge on any atom is 0.408 e. The van der Waals surface area contributed by atoms with Crippen LogP contribution in [0.5, 0.6) is 0 Å². The minimum atomic E-state index is -0.846. The number of nitrogens with zero attached hydrogens (tertiary/aromatic N) is 1. The number of benzene rings is 2. The smallest absolute Gasteiger partial charge is 0.408 e. The van der Waals surface area contributed by atoms with Crippen LogP contribution in [0, 0.1) is 26.7 Å². The molecule has 3 unspecified atom stereocenters. The molecular formula is C31H43N3O4. The number of hydrogen-bond acceptors (Lipinski definition) is 4. The van der Waals surface area contributed by atoms with Gasteiger partial charge in [0.25, 0.3) is 5.91 Å². The summed E-state index contributed by atoms with van der Waals surface area (Å²) in [6, 6.07) is 11.8. The number of anilines is 1. The van der Waals surface area contributed by atoms with E-state index < -0.39 is 23.8 Å². The standard InChI is InChI=1S/C31H43N3O4/c1-9-20(3)26(33-30(37)38-31(6,7)8)29(36)34(24-16-17-24)27(23-15-10-12-19(2)18-23)28(35)32-25-21(4)13-11-14-22(25)5/h10-15,18,20,24,26-27H,9,16-17H2,1-8H3,(H,32,35)(H,33,37). The van der Waals surface area contributed by atoms with Gasteiger partial charge >= 0.3 is 6.09 Å². The van der Waals surface area contributed by atoms with Crippen LogP contribution in [0.25, 0.3) is 0 Å². The SMILES string of the molecule is CCC(C)C(NC(=O)OC(C)(C)C)C(=O)N(C1CC1)C(C(=O)Nc1c(C)cccc1C)c1cccc(C)c1. The molecule has 3 rings (SSSR count). The van der Waals surface area contributed by atoms with Gasteiger partial charge in [0.05, 0.1) is 0 Å². The molecule has 2 N–H and O–H groups in total. The molecule has 1 aliphatic rings. The molecule has 7 heteroatoms. The Morgan fingerprint density at radius 1 is 1.03 bits per heavy atom. The molecular weight excluding hydrogens is 478 g/mol. The number of alkyl carbamates (subject to hydrolysis) is 1. The van der Waals surface area contributed by atoms with Crippen molar-refractivity contribution in [2.75, 3.05) is 5.32 Å². The minimum Gasteiger partial charge on any atom is -0.444 e. The highest BCUT2D eigenvalue weighted by Gasteiger charge is 2.45. The number of aryl methyl sites for hydroxylation is 3. The number of carbonyl (C=O) groups excluding carboxylic acids is 3. The van der Waals surface area contributed by atoms with Crippen molar-refractivity contribution in [1.82, 2.24) is 10.2 Å². The molecule has 3 atom stereocenters. The lowest BCUT2D eigenvalue weighted by Gasteiger charge is -2.36. The fraction of sp³-hybridized carbons (Fsp3) is 0.516. The predicted molar refractivity (Wildman–Crippen MR) is 151 cm³/mol. The van der Waals surface area contributed by atoms with E-state index in [-0.39, 0.29) is 23.8 Å². The van der Waals surface area contributed by atoms with Crippen LogP contribution >= 0.6 is 0 Å². The third kappa shape index (κ3) is 7.36. The minimum absolute atomic E-state index is 0.0799. The van der Waals surface area contributed by atoms with Crippen LogP contribution in [0.1, 0.15) is 82.2 Å². The molecule has 38 heavy (non-hydrogen) atoms. The van der Waals surface area contributed by atoms with Crippen molar-refractivity contribution in [3.8, 4) is 0 Å². The summed E-state index contributed by atoms with van der Waals surface area (Å²) in [7, 11) is 0. The van der Waals surface area contributed by atoms with Crippen molar-refractivity contribution >= 4 is 23.6 Å². The fourth-order valence-corrected chi connectivity index (χ4v) is 4.63. The molecule has 0 saturated heterocycles. The molecule has 0 bridgehead atoms. The van der Waals surface area contributed by atoms with Gasteiger partial charge in [-0.2, -0.15) is 0 Å². The molecule has 2 aromatic rings. The third-order valence-corrected chi connectivity index (χ3v) is 6.96. The Morgan fingerprint density at radius 2 is 1.63 bits per heavy atom. The Balaban J connectivity index is 2.03. The molecule has 206 valence electrons. The summed E-state index contributed by atoms with van der Waals surface area (Å²) in [4.78, 5) is 42.8. The molecule has 3 amide bonds. The fourth-order valence-electron chi connectivity index (χ4n) is 4.63. The van der Waals surface area contributed by atoms with Crippen LogP contribution in [0.2, 0.25) is 0 Å². The zero-order valence-corrected chi connectivity index (χ0v) is 24.1. The number of amides is 3. The Morgan fingerprint density at radius 3 is 2.16 bits per heavy atom. The monoisotopic (exact) mass is 521 g/mol. The third-order valence-electron chi connectivity index (χ3n) is 6.96. The summed E-state index contributed by atoms with van der Waals surface area (Å²) < 4.78 is 5.48. The van der Waals surface area contributed by atoms with E-state index in [0.29, 0.717) is 6.42 Å². The van der Waals surface area contributed by atoms with E-state index in [0.717, 1.165) is 40.8 Å². The van der Waals surface area contributed by atoms with Gasteiger partial charge in [0.2, 0.25) is 5.91 Å². The van der Waals surface area contributed by atoms with Crippen LogP contribution in [-0.2, 0) is 14.3 Å². The summed E-state index contributed by atoms with van der Waals surface area (Å²) >= 11 is 0. The van der Waals surface area contributed by atoms with Gasteiger partial charge in [-0.15, -0.1) is 0 Å². The second kappa shape index (κ2) is 12.0. The second-order valence-corrected chi connectivity index (χ2v) is 11.6. The summed E-state index contributed by atoms with van der Waals surface area (Å²) in [6.45, 7) is 15.2. The van der Waals surface area contributed by atoms with E-state index in [9.17, 15) is 14.4 Å². The Bertz CT molecular complexity index is 1150. The van der Waals surface area contributed by atoms with Crippen molar-refractivity contribution in [2.45, 2.75) is 98.4 Å². The molecule has 0 spiro atoms. The first kappa shape index (κ1) is 29.2. The van der Waals surface area contributed by atoms with Crippen LogP contribution in [0.15, 0.2) is 42.5 Å². The summed E-state index contributed by atoms with van der Waals surface area (Å²) in [6.07, 6.45) is 1.66. The second-order valence-electron chi connectivity index (χ2n) is 11.6.